The van der Waals surface area contributed by atoms with Crippen LogP contribution in [0.2, 0.25) is 0 Å². The van der Waals surface area contributed by atoms with E-state index in [0.717, 1.165) is 38.5 Å². The smallest absolute Gasteiger partial charge is 0.309 e. The average molecular weight is 240 g/mol. The maximum atomic E-state index is 11.8. The van der Waals surface area contributed by atoms with Gasteiger partial charge in [0.2, 0.25) is 0 Å². The Labute approximate surface area is 106 Å². The van der Waals surface area contributed by atoms with Crippen LogP contribution in [0.3, 0.4) is 0 Å². The van der Waals surface area contributed by atoms with Gasteiger partial charge < -0.3 is 5.11 Å². The van der Waals surface area contributed by atoms with Crippen molar-refractivity contribution in [3.8, 4) is 0 Å². The quantitative estimate of drug-likeness (QED) is 0.687. The van der Waals surface area contributed by atoms with E-state index in [4.69, 9.17) is 0 Å². The number of hydrogen-bond acceptors (Lipinski definition) is 1. The first-order valence-corrected chi connectivity index (χ1v) is 7.40. The van der Waals surface area contributed by atoms with Gasteiger partial charge in [0.1, 0.15) is 0 Å². The van der Waals surface area contributed by atoms with Crippen LogP contribution in [0.15, 0.2) is 0 Å². The van der Waals surface area contributed by atoms with E-state index in [2.05, 4.69) is 13.8 Å². The SMILES string of the molecule is CCCCC(CC)(C(=O)O)C1CCCCCC1. The third-order valence-corrected chi connectivity index (χ3v) is 4.67. The fourth-order valence-electron chi connectivity index (χ4n) is 3.43. The Morgan fingerprint density at radius 2 is 1.76 bits per heavy atom. The first kappa shape index (κ1) is 14.5. The molecule has 0 aliphatic heterocycles. The van der Waals surface area contributed by atoms with E-state index in [9.17, 15) is 9.90 Å². The summed E-state index contributed by atoms with van der Waals surface area (Å²) < 4.78 is 0. The lowest BCUT2D eigenvalue weighted by Crippen LogP contribution is -2.38. The molecule has 1 unspecified atom stereocenters. The molecule has 1 saturated carbocycles. The van der Waals surface area contributed by atoms with Crippen LogP contribution in [0.5, 0.6) is 0 Å². The van der Waals surface area contributed by atoms with Crippen LogP contribution in [-0.2, 0) is 4.79 Å². The van der Waals surface area contributed by atoms with Crippen molar-refractivity contribution in [2.75, 3.05) is 0 Å². The summed E-state index contributed by atoms with van der Waals surface area (Å²) in [5.74, 6) is -0.126. The Hall–Kier alpha value is -0.530. The lowest BCUT2D eigenvalue weighted by molar-refractivity contribution is -0.154. The van der Waals surface area contributed by atoms with Crippen LogP contribution in [0.25, 0.3) is 0 Å². The van der Waals surface area contributed by atoms with Crippen molar-refractivity contribution in [2.45, 2.75) is 78.1 Å². The van der Waals surface area contributed by atoms with Crippen LogP contribution in [-0.4, -0.2) is 11.1 Å². The van der Waals surface area contributed by atoms with Gasteiger partial charge >= 0.3 is 5.97 Å². The molecule has 0 aromatic heterocycles. The number of hydrogen-bond donors (Lipinski definition) is 1. The van der Waals surface area contributed by atoms with Gasteiger partial charge in [0.25, 0.3) is 0 Å². The van der Waals surface area contributed by atoms with Gasteiger partial charge in [-0.2, -0.15) is 0 Å². The van der Waals surface area contributed by atoms with Gasteiger partial charge in [-0.3, -0.25) is 4.79 Å². The van der Waals surface area contributed by atoms with Crippen molar-refractivity contribution in [3.63, 3.8) is 0 Å². The number of carboxylic acid groups (broad SMARTS) is 1. The number of carbonyl (C=O) groups is 1. The molecule has 0 amide bonds. The Morgan fingerprint density at radius 3 is 2.18 bits per heavy atom. The maximum Gasteiger partial charge on any atom is 0.309 e. The fourth-order valence-corrected chi connectivity index (χ4v) is 3.43. The molecule has 0 heterocycles. The normalized spacial score (nSPS) is 21.8. The van der Waals surface area contributed by atoms with E-state index in [1.54, 1.807) is 0 Å². The van der Waals surface area contributed by atoms with Gasteiger partial charge in [-0.25, -0.2) is 0 Å². The van der Waals surface area contributed by atoms with E-state index in [-0.39, 0.29) is 0 Å². The maximum absolute atomic E-state index is 11.8. The minimum absolute atomic E-state index is 0.416. The zero-order valence-corrected chi connectivity index (χ0v) is 11.5. The van der Waals surface area contributed by atoms with E-state index < -0.39 is 11.4 Å². The second kappa shape index (κ2) is 7.03. The average Bonchev–Trinajstić information content (AvgIpc) is 2.59. The summed E-state index contributed by atoms with van der Waals surface area (Å²) in [6, 6.07) is 0. The molecule has 0 radical (unpaired) electrons. The summed E-state index contributed by atoms with van der Waals surface area (Å²) in [5, 5.41) is 9.69. The molecule has 1 aliphatic rings. The molecule has 2 heteroatoms. The Kier molecular flexibility index (Phi) is 6.01. The number of carboxylic acids is 1. The molecule has 100 valence electrons. The zero-order chi connectivity index (χ0) is 12.7. The largest absolute Gasteiger partial charge is 0.481 e. The second-order valence-electron chi connectivity index (χ2n) is 5.61. The van der Waals surface area contributed by atoms with Gasteiger partial charge in [0, 0.05) is 0 Å². The molecule has 1 rings (SSSR count). The molecule has 0 saturated heterocycles. The Morgan fingerprint density at radius 1 is 1.18 bits per heavy atom. The number of aliphatic carboxylic acids is 1. The van der Waals surface area contributed by atoms with Gasteiger partial charge in [-0.15, -0.1) is 0 Å². The summed E-state index contributed by atoms with van der Waals surface area (Å²) in [4.78, 5) is 11.8. The minimum atomic E-state index is -0.541. The molecule has 1 fully saturated rings. The van der Waals surface area contributed by atoms with Crippen LogP contribution in [0, 0.1) is 11.3 Å². The molecule has 1 aliphatic carbocycles. The van der Waals surface area contributed by atoms with Crippen molar-refractivity contribution >= 4 is 5.97 Å². The van der Waals surface area contributed by atoms with E-state index in [0.29, 0.717) is 5.92 Å². The van der Waals surface area contributed by atoms with Crippen LogP contribution in [0.1, 0.15) is 78.1 Å². The molecular weight excluding hydrogens is 212 g/mol. The highest BCUT2D eigenvalue weighted by molar-refractivity contribution is 5.75. The van der Waals surface area contributed by atoms with Crippen molar-refractivity contribution in [2.24, 2.45) is 11.3 Å². The summed E-state index contributed by atoms with van der Waals surface area (Å²) in [7, 11) is 0. The van der Waals surface area contributed by atoms with Crippen molar-refractivity contribution in [1.29, 1.82) is 0 Å². The van der Waals surface area contributed by atoms with Gasteiger partial charge in [0.05, 0.1) is 5.41 Å². The minimum Gasteiger partial charge on any atom is -0.481 e. The van der Waals surface area contributed by atoms with E-state index >= 15 is 0 Å². The highest BCUT2D eigenvalue weighted by Crippen LogP contribution is 2.44. The molecular formula is C15H28O2. The summed E-state index contributed by atoms with van der Waals surface area (Å²) in [6.07, 6.45) is 11.1. The molecule has 0 aromatic carbocycles. The molecule has 2 nitrogen and oxygen atoms in total. The zero-order valence-electron chi connectivity index (χ0n) is 11.5. The van der Waals surface area contributed by atoms with Gasteiger partial charge in [0.15, 0.2) is 0 Å². The van der Waals surface area contributed by atoms with Gasteiger partial charge in [-0.1, -0.05) is 52.4 Å². The van der Waals surface area contributed by atoms with Crippen molar-refractivity contribution in [3.05, 3.63) is 0 Å². The standard InChI is InChI=1S/C15H28O2/c1-3-5-12-15(4-2,14(16)17)13-10-8-6-7-9-11-13/h13H,3-12H2,1-2H3,(H,16,17). The summed E-state index contributed by atoms with van der Waals surface area (Å²) in [6.45, 7) is 4.21. The number of unbranched alkanes of at least 4 members (excludes halogenated alkanes) is 1. The molecule has 0 bridgehead atoms. The topological polar surface area (TPSA) is 37.3 Å². The third-order valence-electron chi connectivity index (χ3n) is 4.67. The van der Waals surface area contributed by atoms with E-state index in [1.807, 2.05) is 0 Å². The molecule has 1 atom stereocenters. The number of rotatable bonds is 6. The summed E-state index contributed by atoms with van der Waals surface area (Å²) in [5.41, 5.74) is -0.430. The fraction of sp³-hybridized carbons (Fsp3) is 0.933. The third kappa shape index (κ3) is 3.46. The van der Waals surface area contributed by atoms with E-state index in [1.165, 1.54) is 25.7 Å². The lowest BCUT2D eigenvalue weighted by Gasteiger charge is -2.36. The molecule has 0 spiro atoms. The first-order valence-electron chi connectivity index (χ1n) is 7.40. The lowest BCUT2D eigenvalue weighted by atomic mass is 9.67. The Balaban J connectivity index is 2.81. The van der Waals surface area contributed by atoms with Crippen LogP contribution < -0.4 is 0 Å². The molecule has 1 N–H and O–H groups in total. The van der Waals surface area contributed by atoms with Crippen LogP contribution >= 0.6 is 0 Å². The monoisotopic (exact) mass is 240 g/mol. The Bertz CT molecular complexity index is 229. The first-order chi connectivity index (χ1) is 8.17. The molecule has 17 heavy (non-hydrogen) atoms. The predicted octanol–water partition coefficient (Wildman–Crippen LogP) is 4.63. The van der Waals surface area contributed by atoms with Crippen molar-refractivity contribution < 1.29 is 9.90 Å². The molecule has 0 aromatic rings. The van der Waals surface area contributed by atoms with Crippen LogP contribution in [0.4, 0.5) is 0 Å². The highest BCUT2D eigenvalue weighted by atomic mass is 16.4. The van der Waals surface area contributed by atoms with Gasteiger partial charge in [-0.05, 0) is 31.6 Å². The predicted molar refractivity (Wildman–Crippen MR) is 71.1 cm³/mol. The summed E-state index contributed by atoms with van der Waals surface area (Å²) >= 11 is 0. The highest BCUT2D eigenvalue weighted by Gasteiger charge is 2.43. The second-order valence-corrected chi connectivity index (χ2v) is 5.61. The van der Waals surface area contributed by atoms with Crippen molar-refractivity contribution in [1.82, 2.24) is 0 Å².